The molecule has 8 rings (SSSR count). The molecule has 0 bridgehead atoms. The minimum absolute atomic E-state index is 0.0623. The Balaban J connectivity index is 0.826. The van der Waals surface area contributed by atoms with E-state index in [9.17, 15) is 29.7 Å². The number of ether oxygens (including phenoxy) is 1. The zero-order valence-electron chi connectivity index (χ0n) is 35.4. The molecule has 2 aromatic heterocycles. The highest BCUT2D eigenvalue weighted by atomic mass is 32.1. The number of thiophene rings is 1. The molecule has 1 aliphatic heterocycles. The average molecular weight is 877 g/mol. The van der Waals surface area contributed by atoms with Crippen molar-refractivity contribution in [2.24, 2.45) is 5.92 Å². The van der Waals surface area contributed by atoms with Gasteiger partial charge in [-0.3, -0.25) is 14.5 Å². The van der Waals surface area contributed by atoms with Crippen molar-refractivity contribution in [2.75, 3.05) is 32.8 Å². The maximum atomic E-state index is 14.0. The zero-order valence-corrected chi connectivity index (χ0v) is 36.2. The molecular formula is C52H52N4O7S. The van der Waals surface area contributed by atoms with E-state index in [1.807, 2.05) is 66.7 Å². The highest BCUT2D eigenvalue weighted by Gasteiger charge is 2.42. The molecule has 64 heavy (non-hydrogen) atoms. The number of aromatic hydroxyl groups is 1. The molecule has 0 radical (unpaired) electrons. The van der Waals surface area contributed by atoms with E-state index in [0.717, 1.165) is 53.4 Å². The first-order valence-electron chi connectivity index (χ1n) is 21.7. The summed E-state index contributed by atoms with van der Waals surface area (Å²) in [7, 11) is 0. The topological polar surface area (TPSA) is 164 Å². The number of rotatable bonds is 17. The molecule has 1 aliphatic rings. The number of hydrogen-bond acceptors (Lipinski definition) is 10. The number of aliphatic hydroxyl groups is 2. The quantitative estimate of drug-likeness (QED) is 0.0511. The number of likely N-dealkylation sites (tertiary alicyclic amines) is 1. The minimum Gasteiger partial charge on any atom is -0.506 e. The van der Waals surface area contributed by atoms with Gasteiger partial charge in [-0.2, -0.15) is 0 Å². The van der Waals surface area contributed by atoms with Gasteiger partial charge in [0, 0.05) is 58.5 Å². The Bertz CT molecular complexity index is 2730. The van der Waals surface area contributed by atoms with Crippen molar-refractivity contribution in [2.45, 2.75) is 44.1 Å². The van der Waals surface area contributed by atoms with Crippen LogP contribution in [0.5, 0.6) is 5.75 Å². The minimum atomic E-state index is -2.00. The number of amides is 1. The standard InChI is InChI=1S/C52H52N4O7S/c57-45-21-19-43(44-20-23-48(59)55-49(44)45)46(58)32-53-31-35-14-16-38(17-15-35)50(60)54-27-24-42-18-22-47(64-42)39-10-7-13-41(30-39)52(62,40-11-5-2-6-12-40)51(61)63-34-37-25-28-56(29-26-37)33-36-8-3-1-4-9-36/h1-23,30,37,46,53,57-58,62H,24-29,31-34H2,(H,54,60)(H,55,59)/t46-,52?/m0/s1. The molecule has 3 heterocycles. The number of aromatic nitrogens is 1. The molecular weight excluding hydrogens is 825 g/mol. The molecule has 5 aromatic carbocycles. The first kappa shape index (κ1) is 44.2. The number of piperidine rings is 1. The smallest absolute Gasteiger partial charge is 0.347 e. The molecule has 1 amide bonds. The molecule has 328 valence electrons. The normalized spacial score (nSPS) is 14.8. The third-order valence-electron chi connectivity index (χ3n) is 11.9. The maximum absolute atomic E-state index is 14.0. The second kappa shape index (κ2) is 20.4. The van der Waals surface area contributed by atoms with Crippen molar-refractivity contribution in [3.8, 4) is 16.2 Å². The van der Waals surface area contributed by atoms with Crippen LogP contribution in [0.15, 0.2) is 150 Å². The fourth-order valence-corrected chi connectivity index (χ4v) is 9.29. The summed E-state index contributed by atoms with van der Waals surface area (Å²) in [6.45, 7) is 4.14. The summed E-state index contributed by atoms with van der Waals surface area (Å²) in [6.07, 6.45) is 1.57. The van der Waals surface area contributed by atoms with Crippen LogP contribution in [0.2, 0.25) is 0 Å². The van der Waals surface area contributed by atoms with E-state index in [2.05, 4.69) is 44.8 Å². The Kier molecular flexibility index (Phi) is 14.1. The fourth-order valence-electron chi connectivity index (χ4n) is 8.29. The Morgan fingerprint density at radius 3 is 2.33 bits per heavy atom. The molecule has 12 heteroatoms. The van der Waals surface area contributed by atoms with Crippen LogP contribution in [0, 0.1) is 5.92 Å². The van der Waals surface area contributed by atoms with E-state index < -0.39 is 17.7 Å². The number of H-pyrrole nitrogens is 1. The largest absolute Gasteiger partial charge is 0.506 e. The summed E-state index contributed by atoms with van der Waals surface area (Å²) >= 11 is 1.60. The summed E-state index contributed by atoms with van der Waals surface area (Å²) in [5.41, 5.74) is 3.03. The highest BCUT2D eigenvalue weighted by Crippen LogP contribution is 2.36. The molecule has 11 nitrogen and oxygen atoms in total. The molecule has 0 spiro atoms. The van der Waals surface area contributed by atoms with Gasteiger partial charge in [0.05, 0.1) is 18.2 Å². The Morgan fingerprint density at radius 1 is 0.828 bits per heavy atom. The molecule has 1 saturated heterocycles. The predicted octanol–water partition coefficient (Wildman–Crippen LogP) is 7.45. The van der Waals surface area contributed by atoms with Crippen molar-refractivity contribution in [1.82, 2.24) is 20.5 Å². The van der Waals surface area contributed by atoms with Gasteiger partial charge >= 0.3 is 5.97 Å². The lowest BCUT2D eigenvalue weighted by molar-refractivity contribution is -0.164. The molecule has 0 aliphatic carbocycles. The number of nitrogens with one attached hydrogen (secondary N) is 3. The molecule has 6 N–H and O–H groups in total. The average Bonchev–Trinajstić information content (AvgIpc) is 3.81. The summed E-state index contributed by atoms with van der Waals surface area (Å²) in [5, 5.41) is 40.1. The van der Waals surface area contributed by atoms with E-state index in [-0.39, 0.29) is 41.8 Å². The van der Waals surface area contributed by atoms with Gasteiger partial charge in [-0.05, 0) is 109 Å². The van der Waals surface area contributed by atoms with Gasteiger partial charge in [-0.1, -0.05) is 97.1 Å². The summed E-state index contributed by atoms with van der Waals surface area (Å²) < 4.78 is 5.95. The predicted molar refractivity (Wildman–Crippen MR) is 250 cm³/mol. The number of esters is 1. The summed E-state index contributed by atoms with van der Waals surface area (Å²) in [6, 6.07) is 44.2. The van der Waals surface area contributed by atoms with Crippen LogP contribution in [0.3, 0.4) is 0 Å². The molecule has 7 aromatic rings. The second-order valence-corrected chi connectivity index (χ2v) is 17.5. The highest BCUT2D eigenvalue weighted by molar-refractivity contribution is 7.15. The first-order valence-corrected chi connectivity index (χ1v) is 22.5. The van der Waals surface area contributed by atoms with E-state index in [1.165, 1.54) is 17.7 Å². The van der Waals surface area contributed by atoms with Crippen LogP contribution in [-0.2, 0) is 34.6 Å². The van der Waals surface area contributed by atoms with Crippen LogP contribution in [-0.4, -0.2) is 69.9 Å². The fraction of sp³-hybridized carbons (Fsp3) is 0.250. The van der Waals surface area contributed by atoms with E-state index in [4.69, 9.17) is 4.74 Å². The van der Waals surface area contributed by atoms with Crippen molar-refractivity contribution in [3.05, 3.63) is 194 Å². The second-order valence-electron chi connectivity index (χ2n) is 16.4. The third kappa shape index (κ3) is 10.5. The number of benzene rings is 5. The Morgan fingerprint density at radius 2 is 1.56 bits per heavy atom. The summed E-state index contributed by atoms with van der Waals surface area (Å²) in [4.78, 5) is 45.8. The number of carbonyl (C=O) groups excluding carboxylic acids is 2. The number of carbonyl (C=O) groups is 2. The Labute approximate surface area is 376 Å². The lowest BCUT2D eigenvalue weighted by atomic mass is 9.85. The van der Waals surface area contributed by atoms with Crippen LogP contribution < -0.4 is 16.2 Å². The number of nitrogens with zero attached hydrogens (tertiary/aromatic N) is 1. The monoisotopic (exact) mass is 876 g/mol. The summed E-state index contributed by atoms with van der Waals surface area (Å²) in [5.74, 6) is -0.714. The molecule has 0 saturated carbocycles. The number of fused-ring (bicyclic) bond motifs is 1. The molecule has 1 fully saturated rings. The van der Waals surface area contributed by atoms with Gasteiger partial charge in [0.15, 0.2) is 0 Å². The van der Waals surface area contributed by atoms with E-state index in [1.54, 1.807) is 53.8 Å². The van der Waals surface area contributed by atoms with Gasteiger partial charge in [0.1, 0.15) is 5.75 Å². The number of pyridine rings is 1. The van der Waals surface area contributed by atoms with Crippen molar-refractivity contribution < 1.29 is 29.6 Å². The van der Waals surface area contributed by atoms with Crippen LogP contribution >= 0.6 is 11.3 Å². The SMILES string of the molecule is O=C(NCCc1ccc(-c2cccc(C(O)(C(=O)OCC3CCN(Cc4ccccc4)CC3)c3ccccc3)c2)s1)c1ccc(CNC[C@H](O)c2ccc(O)c3[nH]c(=O)ccc23)cc1. The van der Waals surface area contributed by atoms with Gasteiger partial charge in [0.25, 0.3) is 5.91 Å². The van der Waals surface area contributed by atoms with E-state index >= 15 is 0 Å². The lowest BCUT2D eigenvalue weighted by Gasteiger charge is -2.33. The van der Waals surface area contributed by atoms with E-state index in [0.29, 0.717) is 47.2 Å². The van der Waals surface area contributed by atoms with Gasteiger partial charge in [-0.25, -0.2) is 4.79 Å². The maximum Gasteiger partial charge on any atom is 0.347 e. The number of phenols is 1. The number of hydrogen-bond donors (Lipinski definition) is 6. The number of phenolic OH excluding ortho intramolecular Hbond substituents is 1. The Hall–Kier alpha value is -6.41. The lowest BCUT2D eigenvalue weighted by Crippen LogP contribution is -2.40. The number of aromatic amines is 1. The van der Waals surface area contributed by atoms with Crippen LogP contribution in [0.4, 0.5) is 0 Å². The molecule has 1 unspecified atom stereocenters. The number of aliphatic hydroxyl groups excluding tert-OH is 1. The third-order valence-corrected chi connectivity index (χ3v) is 13.1. The molecule has 2 atom stereocenters. The van der Waals surface area contributed by atoms with Gasteiger partial charge < -0.3 is 35.7 Å². The van der Waals surface area contributed by atoms with Gasteiger partial charge in [-0.15, -0.1) is 11.3 Å². The van der Waals surface area contributed by atoms with Crippen molar-refractivity contribution in [1.29, 1.82) is 0 Å². The zero-order chi connectivity index (χ0) is 44.5. The van der Waals surface area contributed by atoms with Crippen LogP contribution in [0.1, 0.15) is 62.0 Å². The van der Waals surface area contributed by atoms with Crippen molar-refractivity contribution in [3.63, 3.8) is 0 Å². The van der Waals surface area contributed by atoms with Gasteiger partial charge in [0.2, 0.25) is 11.2 Å². The van der Waals surface area contributed by atoms with Crippen LogP contribution in [0.25, 0.3) is 21.3 Å². The first-order chi connectivity index (χ1) is 31.1. The van der Waals surface area contributed by atoms with Crippen molar-refractivity contribution >= 4 is 34.1 Å².